The van der Waals surface area contributed by atoms with Crippen LogP contribution in [0.5, 0.6) is 5.75 Å². The molecule has 0 spiro atoms. The summed E-state index contributed by atoms with van der Waals surface area (Å²) in [5.41, 5.74) is 7.75. The number of amides is 2. The van der Waals surface area contributed by atoms with Gasteiger partial charge in [-0.2, -0.15) is 0 Å². The monoisotopic (exact) mass is 329 g/mol. The van der Waals surface area contributed by atoms with Crippen LogP contribution < -0.4 is 10.5 Å². The van der Waals surface area contributed by atoms with Gasteiger partial charge in [0.15, 0.2) is 0 Å². The second-order valence-electron chi connectivity index (χ2n) is 6.43. The molecule has 1 aromatic carbocycles. The number of nitrogens with zero attached hydrogens (tertiary/aromatic N) is 2. The van der Waals surface area contributed by atoms with E-state index in [0.717, 1.165) is 23.4 Å². The van der Waals surface area contributed by atoms with Crippen molar-refractivity contribution >= 4 is 17.9 Å². The van der Waals surface area contributed by atoms with Crippen molar-refractivity contribution in [2.24, 2.45) is 11.7 Å². The number of hydrogen-bond acceptors (Lipinski definition) is 4. The van der Waals surface area contributed by atoms with Crippen molar-refractivity contribution in [3.63, 3.8) is 0 Å². The summed E-state index contributed by atoms with van der Waals surface area (Å²) < 4.78 is 5.79. The van der Waals surface area contributed by atoms with Gasteiger partial charge in [-0.15, -0.1) is 0 Å². The van der Waals surface area contributed by atoms with Gasteiger partial charge in [0.1, 0.15) is 12.4 Å². The van der Waals surface area contributed by atoms with Crippen molar-refractivity contribution in [2.45, 2.75) is 6.92 Å². The van der Waals surface area contributed by atoms with Gasteiger partial charge in [-0.25, -0.2) is 0 Å². The maximum atomic E-state index is 11.7. The molecule has 0 aromatic heterocycles. The third-order valence-electron chi connectivity index (χ3n) is 4.57. The number of fused-ring (bicyclic) bond motifs is 1. The van der Waals surface area contributed by atoms with E-state index in [2.05, 4.69) is 11.0 Å². The molecule has 1 unspecified atom stereocenters. The van der Waals surface area contributed by atoms with Crippen LogP contribution in [-0.4, -0.2) is 60.9 Å². The summed E-state index contributed by atoms with van der Waals surface area (Å²) in [7, 11) is 0. The number of primary amides is 1. The Bertz CT molecular complexity index is 671. The Hall–Kier alpha value is -2.34. The number of para-hydroxylation sites is 1. The maximum Gasteiger partial charge on any atom is 0.223 e. The SMILES string of the molecule is CC(=O)N1CCN(CC2=Cc3ccccc3OC2)CC(C(N)=O)C1. The van der Waals surface area contributed by atoms with E-state index in [1.165, 1.54) is 6.92 Å². The van der Waals surface area contributed by atoms with Crippen molar-refractivity contribution in [3.05, 3.63) is 35.4 Å². The Kier molecular flexibility index (Phi) is 4.85. The molecule has 1 atom stereocenters. The fourth-order valence-electron chi connectivity index (χ4n) is 3.23. The van der Waals surface area contributed by atoms with E-state index in [0.29, 0.717) is 32.8 Å². The maximum absolute atomic E-state index is 11.7. The Morgan fingerprint density at radius 2 is 2.04 bits per heavy atom. The van der Waals surface area contributed by atoms with Gasteiger partial charge in [0.05, 0.1) is 5.92 Å². The van der Waals surface area contributed by atoms with E-state index in [4.69, 9.17) is 10.5 Å². The minimum atomic E-state index is -0.354. The van der Waals surface area contributed by atoms with E-state index in [-0.39, 0.29) is 17.7 Å². The largest absolute Gasteiger partial charge is 0.489 e. The zero-order chi connectivity index (χ0) is 17.1. The van der Waals surface area contributed by atoms with E-state index < -0.39 is 0 Å². The average molecular weight is 329 g/mol. The summed E-state index contributed by atoms with van der Waals surface area (Å²) in [6.45, 7) is 5.10. The molecule has 1 saturated heterocycles. The van der Waals surface area contributed by atoms with Crippen LogP contribution in [0.2, 0.25) is 0 Å². The standard InChI is InChI=1S/C18H23N3O3/c1-13(22)21-7-6-20(10-16(11-21)18(19)23)9-14-8-15-4-2-3-5-17(15)24-12-14/h2-5,8,16H,6-7,9-12H2,1H3,(H2,19,23). The molecule has 6 nitrogen and oxygen atoms in total. The zero-order valence-electron chi connectivity index (χ0n) is 13.9. The minimum absolute atomic E-state index is 0.0164. The predicted molar refractivity (Wildman–Crippen MR) is 91.3 cm³/mol. The number of ether oxygens (including phenoxy) is 1. The lowest BCUT2D eigenvalue weighted by atomic mass is 10.1. The van der Waals surface area contributed by atoms with Gasteiger partial charge in [-0.3, -0.25) is 14.5 Å². The molecule has 0 saturated carbocycles. The first-order chi connectivity index (χ1) is 11.5. The van der Waals surface area contributed by atoms with Gasteiger partial charge in [-0.1, -0.05) is 18.2 Å². The molecule has 0 radical (unpaired) electrons. The lowest BCUT2D eigenvalue weighted by molar-refractivity contribution is -0.130. The summed E-state index contributed by atoms with van der Waals surface area (Å²) in [5.74, 6) is 0.188. The van der Waals surface area contributed by atoms with Crippen molar-refractivity contribution in [3.8, 4) is 5.75 Å². The lowest BCUT2D eigenvalue weighted by Gasteiger charge is -2.25. The van der Waals surface area contributed by atoms with Crippen LogP contribution >= 0.6 is 0 Å². The van der Waals surface area contributed by atoms with Crippen LogP contribution in [0.25, 0.3) is 6.08 Å². The number of carbonyl (C=O) groups excluding carboxylic acids is 2. The summed E-state index contributed by atoms with van der Waals surface area (Å²) in [6.07, 6.45) is 2.14. The van der Waals surface area contributed by atoms with Gasteiger partial charge in [0.25, 0.3) is 0 Å². The zero-order valence-corrected chi connectivity index (χ0v) is 13.9. The van der Waals surface area contributed by atoms with Crippen molar-refractivity contribution < 1.29 is 14.3 Å². The number of hydrogen-bond donors (Lipinski definition) is 1. The molecule has 2 N–H and O–H groups in total. The second kappa shape index (κ2) is 7.05. The molecule has 2 heterocycles. The molecule has 24 heavy (non-hydrogen) atoms. The van der Waals surface area contributed by atoms with Gasteiger partial charge in [0, 0.05) is 45.2 Å². The Morgan fingerprint density at radius 1 is 1.25 bits per heavy atom. The van der Waals surface area contributed by atoms with Gasteiger partial charge < -0.3 is 15.4 Å². The van der Waals surface area contributed by atoms with Crippen LogP contribution in [0.1, 0.15) is 12.5 Å². The summed E-state index contributed by atoms with van der Waals surface area (Å²) in [4.78, 5) is 27.3. The van der Waals surface area contributed by atoms with E-state index in [1.807, 2.05) is 24.3 Å². The number of carbonyl (C=O) groups is 2. The van der Waals surface area contributed by atoms with E-state index >= 15 is 0 Å². The van der Waals surface area contributed by atoms with Crippen LogP contribution in [0, 0.1) is 5.92 Å². The lowest BCUT2D eigenvalue weighted by Crippen LogP contribution is -2.40. The highest BCUT2D eigenvalue weighted by Gasteiger charge is 2.28. The topological polar surface area (TPSA) is 75.9 Å². The minimum Gasteiger partial charge on any atom is -0.489 e. The molecule has 1 fully saturated rings. The molecule has 128 valence electrons. The number of rotatable bonds is 3. The van der Waals surface area contributed by atoms with Crippen LogP contribution in [0.3, 0.4) is 0 Å². The normalized spacial score (nSPS) is 21.3. The fourth-order valence-corrected chi connectivity index (χ4v) is 3.23. The molecule has 0 aliphatic carbocycles. The molecule has 2 amide bonds. The predicted octanol–water partition coefficient (Wildman–Crippen LogP) is 0.728. The first-order valence-electron chi connectivity index (χ1n) is 8.21. The van der Waals surface area contributed by atoms with Crippen LogP contribution in [0.4, 0.5) is 0 Å². The van der Waals surface area contributed by atoms with Gasteiger partial charge in [0.2, 0.25) is 11.8 Å². The summed E-state index contributed by atoms with van der Waals surface area (Å²) in [6, 6.07) is 7.94. The summed E-state index contributed by atoms with van der Waals surface area (Å²) in [5, 5.41) is 0. The number of nitrogens with two attached hydrogens (primary N) is 1. The quantitative estimate of drug-likeness (QED) is 0.887. The Balaban J connectivity index is 1.71. The first kappa shape index (κ1) is 16.5. The highest BCUT2D eigenvalue weighted by atomic mass is 16.5. The Morgan fingerprint density at radius 3 is 2.79 bits per heavy atom. The molecular weight excluding hydrogens is 306 g/mol. The molecule has 3 rings (SSSR count). The van der Waals surface area contributed by atoms with Crippen molar-refractivity contribution in [1.82, 2.24) is 9.80 Å². The molecule has 1 aromatic rings. The first-order valence-corrected chi connectivity index (χ1v) is 8.21. The smallest absolute Gasteiger partial charge is 0.223 e. The van der Waals surface area contributed by atoms with Gasteiger partial charge >= 0.3 is 0 Å². The molecule has 6 heteroatoms. The van der Waals surface area contributed by atoms with Crippen LogP contribution in [0.15, 0.2) is 29.8 Å². The fraction of sp³-hybridized carbons (Fsp3) is 0.444. The van der Waals surface area contributed by atoms with Crippen molar-refractivity contribution in [2.75, 3.05) is 39.3 Å². The Labute approximate surface area is 141 Å². The third kappa shape index (κ3) is 3.76. The van der Waals surface area contributed by atoms with Crippen molar-refractivity contribution in [1.29, 1.82) is 0 Å². The average Bonchev–Trinajstić information content (AvgIpc) is 2.78. The van der Waals surface area contributed by atoms with E-state index in [1.54, 1.807) is 4.90 Å². The number of benzene rings is 1. The van der Waals surface area contributed by atoms with E-state index in [9.17, 15) is 9.59 Å². The molecule has 2 aliphatic rings. The molecular formula is C18H23N3O3. The van der Waals surface area contributed by atoms with Gasteiger partial charge in [-0.05, 0) is 17.7 Å². The molecule has 2 aliphatic heterocycles. The highest BCUT2D eigenvalue weighted by molar-refractivity contribution is 5.79. The second-order valence-corrected chi connectivity index (χ2v) is 6.43. The summed E-state index contributed by atoms with van der Waals surface area (Å²) >= 11 is 0. The third-order valence-corrected chi connectivity index (χ3v) is 4.57. The van der Waals surface area contributed by atoms with Crippen LogP contribution in [-0.2, 0) is 9.59 Å². The molecule has 0 bridgehead atoms. The highest BCUT2D eigenvalue weighted by Crippen LogP contribution is 2.26.